The molecule has 12 nitrogen and oxygen atoms in total. The van der Waals surface area contributed by atoms with E-state index in [4.69, 9.17) is 23.7 Å². The third-order valence-corrected chi connectivity index (χ3v) is 7.65. The zero-order chi connectivity index (χ0) is 29.3. The molecule has 3 fully saturated rings. The summed E-state index contributed by atoms with van der Waals surface area (Å²) in [6.45, 7) is 3.33. The Kier molecular flexibility index (Phi) is 8.57. The van der Waals surface area contributed by atoms with E-state index in [0.717, 1.165) is 0 Å². The second-order valence-electron chi connectivity index (χ2n) is 10.5. The summed E-state index contributed by atoms with van der Waals surface area (Å²) in [7, 11) is 0. The molecular formula is C29H32O12. The Morgan fingerprint density at radius 3 is 2.54 bits per heavy atom. The van der Waals surface area contributed by atoms with Crippen LogP contribution in [-0.4, -0.2) is 94.5 Å². The van der Waals surface area contributed by atoms with Crippen LogP contribution in [0, 0.1) is 5.92 Å². The number of esters is 3. The molecule has 3 aliphatic heterocycles. The standard InChI is InChI=1S/C29H32O12/c1-14-23-19(39-27(14)35)9-16(3-2-4-17-11-20(23)40-28(17)36)12-38-29-26(34)25(33)24(32)21(41-29)13-37-22(31)10-15-5-7-18(30)8-6-15/h4-9,19-21,23-26,29-30,32-34H,1-3,10-13H2. The van der Waals surface area contributed by atoms with E-state index in [0.29, 0.717) is 36.0 Å². The number of allylic oxidation sites excluding steroid dienone is 1. The van der Waals surface area contributed by atoms with Gasteiger partial charge in [-0.25, -0.2) is 9.59 Å². The highest BCUT2D eigenvalue weighted by molar-refractivity contribution is 5.93. The topological polar surface area (TPSA) is 178 Å². The molecule has 1 aromatic rings. The van der Waals surface area contributed by atoms with Crippen LogP contribution in [-0.2, 0) is 44.5 Å². The van der Waals surface area contributed by atoms with Gasteiger partial charge in [-0.2, -0.15) is 0 Å². The molecule has 0 radical (unpaired) electrons. The number of benzene rings is 1. The number of aromatic hydroxyl groups is 1. The van der Waals surface area contributed by atoms with Crippen molar-refractivity contribution in [3.8, 4) is 5.75 Å². The third kappa shape index (κ3) is 6.36. The normalized spacial score (nSPS) is 33.3. The highest BCUT2D eigenvalue weighted by Gasteiger charge is 2.48. The summed E-state index contributed by atoms with van der Waals surface area (Å²) in [6, 6.07) is 6.01. The Labute approximate surface area is 235 Å². The van der Waals surface area contributed by atoms with Crippen molar-refractivity contribution in [1.82, 2.24) is 0 Å². The molecule has 5 rings (SSSR count). The molecule has 0 spiro atoms. The minimum Gasteiger partial charge on any atom is -0.508 e. The summed E-state index contributed by atoms with van der Waals surface area (Å²) >= 11 is 0. The van der Waals surface area contributed by atoms with Crippen molar-refractivity contribution < 1.29 is 58.5 Å². The van der Waals surface area contributed by atoms with E-state index in [1.165, 1.54) is 12.1 Å². The van der Waals surface area contributed by atoms with Crippen molar-refractivity contribution in [3.63, 3.8) is 0 Å². The minimum absolute atomic E-state index is 0.0587. The summed E-state index contributed by atoms with van der Waals surface area (Å²) in [4.78, 5) is 36.9. The number of carbonyl (C=O) groups excluding carboxylic acids is 3. The quantitative estimate of drug-likeness (QED) is 0.153. The van der Waals surface area contributed by atoms with Crippen LogP contribution in [0.15, 0.2) is 59.7 Å². The fraction of sp³-hybridized carbons (Fsp3) is 0.483. The maximum absolute atomic E-state index is 12.3. The average molecular weight is 573 g/mol. The van der Waals surface area contributed by atoms with Gasteiger partial charge in [0.05, 0.1) is 18.9 Å². The lowest BCUT2D eigenvalue weighted by atomic mass is 9.86. The molecule has 220 valence electrons. The van der Waals surface area contributed by atoms with E-state index in [-0.39, 0.29) is 24.4 Å². The monoisotopic (exact) mass is 572 g/mol. The number of aliphatic hydroxyl groups is 3. The fourth-order valence-corrected chi connectivity index (χ4v) is 5.36. The molecule has 3 heterocycles. The molecule has 8 atom stereocenters. The fourth-order valence-electron chi connectivity index (χ4n) is 5.36. The van der Waals surface area contributed by atoms with Crippen LogP contribution in [0.4, 0.5) is 0 Å². The van der Waals surface area contributed by atoms with Gasteiger partial charge in [-0.1, -0.05) is 24.8 Å². The first-order chi connectivity index (χ1) is 19.6. The summed E-state index contributed by atoms with van der Waals surface area (Å²) in [5.74, 6) is -2.12. The van der Waals surface area contributed by atoms with Gasteiger partial charge in [0.25, 0.3) is 0 Å². The van der Waals surface area contributed by atoms with E-state index in [2.05, 4.69) is 6.58 Å². The number of phenolic OH excluding ortho intramolecular Hbond substituents is 1. The van der Waals surface area contributed by atoms with Crippen molar-refractivity contribution in [3.05, 3.63) is 65.3 Å². The zero-order valence-electron chi connectivity index (χ0n) is 22.1. The number of fused-ring (bicyclic) bond motifs is 4. The van der Waals surface area contributed by atoms with Gasteiger partial charge < -0.3 is 44.1 Å². The number of rotatable bonds is 7. The third-order valence-electron chi connectivity index (χ3n) is 7.65. The molecule has 0 saturated carbocycles. The number of hydrogen-bond donors (Lipinski definition) is 4. The summed E-state index contributed by atoms with van der Waals surface area (Å²) in [5, 5.41) is 40.7. The van der Waals surface area contributed by atoms with Gasteiger partial charge in [0.15, 0.2) is 6.29 Å². The smallest absolute Gasteiger partial charge is 0.334 e. The predicted octanol–water partition coefficient (Wildman–Crippen LogP) is 0.362. The minimum atomic E-state index is -1.64. The number of carbonyl (C=O) groups is 3. The number of phenols is 1. The van der Waals surface area contributed by atoms with Crippen molar-refractivity contribution >= 4 is 17.9 Å². The van der Waals surface area contributed by atoms with Crippen molar-refractivity contribution in [2.75, 3.05) is 13.2 Å². The Bertz CT molecular complexity index is 1250. The predicted molar refractivity (Wildman–Crippen MR) is 138 cm³/mol. The Morgan fingerprint density at radius 2 is 1.78 bits per heavy atom. The van der Waals surface area contributed by atoms with Crippen molar-refractivity contribution in [1.29, 1.82) is 0 Å². The van der Waals surface area contributed by atoms with Crippen LogP contribution >= 0.6 is 0 Å². The molecule has 3 saturated heterocycles. The molecule has 12 heteroatoms. The average Bonchev–Trinajstić information content (AvgIpc) is 3.43. The van der Waals surface area contributed by atoms with Gasteiger partial charge in [0, 0.05) is 17.6 Å². The van der Waals surface area contributed by atoms with Gasteiger partial charge in [0.2, 0.25) is 0 Å². The zero-order valence-corrected chi connectivity index (χ0v) is 22.1. The number of ether oxygens (including phenoxy) is 5. The largest absolute Gasteiger partial charge is 0.508 e. The molecular weight excluding hydrogens is 540 g/mol. The van der Waals surface area contributed by atoms with E-state index in [9.17, 15) is 34.8 Å². The van der Waals surface area contributed by atoms with Crippen molar-refractivity contribution in [2.24, 2.45) is 5.92 Å². The van der Waals surface area contributed by atoms with E-state index in [1.807, 2.05) is 0 Å². The first kappa shape index (κ1) is 29.0. The van der Waals surface area contributed by atoms with E-state index < -0.39 is 73.3 Å². The van der Waals surface area contributed by atoms with Crippen LogP contribution in [0.1, 0.15) is 24.8 Å². The number of hydrogen-bond acceptors (Lipinski definition) is 12. The molecule has 0 amide bonds. The van der Waals surface area contributed by atoms with E-state index in [1.54, 1.807) is 24.3 Å². The van der Waals surface area contributed by atoms with Crippen LogP contribution in [0.3, 0.4) is 0 Å². The van der Waals surface area contributed by atoms with Gasteiger partial charge in [0.1, 0.15) is 49.0 Å². The molecule has 8 unspecified atom stereocenters. The van der Waals surface area contributed by atoms with Crippen molar-refractivity contribution in [2.45, 2.75) is 68.6 Å². The number of aliphatic hydroxyl groups excluding tert-OH is 3. The van der Waals surface area contributed by atoms with Gasteiger partial charge in [-0.3, -0.25) is 4.79 Å². The van der Waals surface area contributed by atoms with Crippen LogP contribution < -0.4 is 0 Å². The second kappa shape index (κ2) is 12.1. The molecule has 4 N–H and O–H groups in total. The molecule has 1 aromatic carbocycles. The van der Waals surface area contributed by atoms with Crippen LogP contribution in [0.25, 0.3) is 0 Å². The summed E-state index contributed by atoms with van der Waals surface area (Å²) < 4.78 is 27.7. The molecule has 0 aromatic heterocycles. The Balaban J connectivity index is 1.22. The van der Waals surface area contributed by atoms with Gasteiger partial charge >= 0.3 is 17.9 Å². The highest BCUT2D eigenvalue weighted by Crippen LogP contribution is 2.39. The SMILES string of the molecule is C=C1C(=O)OC2C=C(COC3OC(COC(=O)Cc4ccc(O)cc4)C(O)C(O)C3O)CCC=C3CC(OC3=O)C12. The second-order valence-corrected chi connectivity index (χ2v) is 10.5. The Morgan fingerprint density at radius 1 is 1.02 bits per heavy atom. The summed E-state index contributed by atoms with van der Waals surface area (Å²) in [6.07, 6.45) is -3.98. The lowest BCUT2D eigenvalue weighted by Gasteiger charge is -2.40. The highest BCUT2D eigenvalue weighted by atomic mass is 16.7. The molecule has 1 aliphatic carbocycles. The molecule has 4 aliphatic rings. The van der Waals surface area contributed by atoms with Crippen LogP contribution in [0.2, 0.25) is 0 Å². The molecule has 41 heavy (non-hydrogen) atoms. The maximum atomic E-state index is 12.3. The van der Waals surface area contributed by atoms with E-state index >= 15 is 0 Å². The molecule has 2 bridgehead atoms. The maximum Gasteiger partial charge on any atom is 0.334 e. The van der Waals surface area contributed by atoms with Gasteiger partial charge in [-0.15, -0.1) is 0 Å². The van der Waals surface area contributed by atoms with Crippen LogP contribution in [0.5, 0.6) is 5.75 Å². The van der Waals surface area contributed by atoms with Gasteiger partial charge in [-0.05, 0) is 42.2 Å². The lowest BCUT2D eigenvalue weighted by Crippen LogP contribution is -2.59. The summed E-state index contributed by atoms with van der Waals surface area (Å²) in [5.41, 5.74) is 2.03. The first-order valence-electron chi connectivity index (χ1n) is 13.3. The first-order valence-corrected chi connectivity index (χ1v) is 13.3. The Hall–Kier alpha value is -3.55. The lowest BCUT2D eigenvalue weighted by molar-refractivity contribution is -0.299.